The normalized spacial score (nSPS) is 11.6. The van der Waals surface area contributed by atoms with Crippen LogP contribution in [0, 0.1) is 0 Å². The first-order chi connectivity index (χ1) is 11.0. The molecule has 0 saturated carbocycles. The first-order valence-electron chi connectivity index (χ1n) is 6.98. The van der Waals surface area contributed by atoms with E-state index in [-0.39, 0.29) is 11.7 Å². The number of hydrogen-bond acceptors (Lipinski definition) is 4. The number of halogens is 1. The Kier molecular flexibility index (Phi) is 6.67. The summed E-state index contributed by atoms with van der Waals surface area (Å²) in [6.07, 6.45) is -0.849. The van der Waals surface area contributed by atoms with E-state index in [4.69, 9.17) is 4.74 Å². The number of carbonyl (C=O) groups excluding carboxylic acids is 2. The minimum Gasteiger partial charge on any atom is -0.452 e. The van der Waals surface area contributed by atoms with Crippen molar-refractivity contribution in [1.29, 1.82) is 0 Å². The van der Waals surface area contributed by atoms with Crippen molar-refractivity contribution in [1.82, 2.24) is 0 Å². The molecular weight excluding hydrogens is 378 g/mol. The molecule has 4 nitrogen and oxygen atoms in total. The number of benzene rings is 2. The predicted octanol–water partition coefficient (Wildman–Crippen LogP) is 4.11. The standard InChI is InChI=1S/C17H16BrNO3S/c1-12(17(21)19-14-7-5-6-13(18)10-14)22-16(20)11-23-15-8-3-2-4-9-15/h2-10,12H,11H2,1H3,(H,19,21)/t12-/m1/s1. The molecule has 0 spiro atoms. The topological polar surface area (TPSA) is 55.4 Å². The third kappa shape index (κ3) is 6.08. The third-order valence-corrected chi connectivity index (χ3v) is 4.35. The second-order valence-electron chi connectivity index (χ2n) is 4.73. The quantitative estimate of drug-likeness (QED) is 0.592. The zero-order valence-electron chi connectivity index (χ0n) is 12.5. The zero-order chi connectivity index (χ0) is 16.7. The van der Waals surface area contributed by atoms with Gasteiger partial charge in [-0.1, -0.05) is 40.2 Å². The van der Waals surface area contributed by atoms with Crippen LogP contribution in [0.25, 0.3) is 0 Å². The lowest BCUT2D eigenvalue weighted by molar-refractivity contribution is -0.150. The number of anilines is 1. The summed E-state index contributed by atoms with van der Waals surface area (Å²) in [5.74, 6) is -0.615. The van der Waals surface area contributed by atoms with Crippen LogP contribution in [0.15, 0.2) is 64.0 Å². The maximum atomic E-state index is 12.0. The van der Waals surface area contributed by atoms with Crippen LogP contribution in [0.1, 0.15) is 6.92 Å². The minimum absolute atomic E-state index is 0.165. The van der Waals surface area contributed by atoms with Crippen LogP contribution in [0.2, 0.25) is 0 Å². The number of ether oxygens (including phenoxy) is 1. The van der Waals surface area contributed by atoms with Gasteiger partial charge < -0.3 is 10.1 Å². The smallest absolute Gasteiger partial charge is 0.317 e. The lowest BCUT2D eigenvalue weighted by Crippen LogP contribution is -2.30. The Morgan fingerprint density at radius 3 is 2.61 bits per heavy atom. The molecule has 2 aromatic carbocycles. The maximum absolute atomic E-state index is 12.0. The van der Waals surface area contributed by atoms with Gasteiger partial charge in [-0.15, -0.1) is 11.8 Å². The summed E-state index contributed by atoms with van der Waals surface area (Å²) in [5, 5.41) is 2.71. The van der Waals surface area contributed by atoms with Crippen LogP contribution < -0.4 is 5.32 Å². The summed E-state index contributed by atoms with van der Waals surface area (Å²) < 4.78 is 6.01. The Morgan fingerprint density at radius 1 is 1.17 bits per heavy atom. The fourth-order valence-corrected chi connectivity index (χ4v) is 2.86. The van der Waals surface area contributed by atoms with Crippen LogP contribution in [0.3, 0.4) is 0 Å². The number of esters is 1. The molecule has 0 aliphatic rings. The van der Waals surface area contributed by atoms with Crippen molar-refractivity contribution in [2.24, 2.45) is 0 Å². The van der Waals surface area contributed by atoms with E-state index in [9.17, 15) is 9.59 Å². The van der Waals surface area contributed by atoms with Gasteiger partial charge in [0.2, 0.25) is 0 Å². The van der Waals surface area contributed by atoms with Crippen molar-refractivity contribution >= 4 is 45.3 Å². The first kappa shape index (κ1) is 17.6. The highest BCUT2D eigenvalue weighted by molar-refractivity contribution is 9.10. The van der Waals surface area contributed by atoms with Gasteiger partial charge in [-0.25, -0.2) is 0 Å². The molecule has 1 amide bonds. The van der Waals surface area contributed by atoms with E-state index < -0.39 is 12.1 Å². The Balaban J connectivity index is 1.79. The summed E-state index contributed by atoms with van der Waals surface area (Å²) in [6, 6.07) is 16.8. The third-order valence-electron chi connectivity index (χ3n) is 2.87. The second-order valence-corrected chi connectivity index (χ2v) is 6.70. The molecule has 0 saturated heterocycles. The van der Waals surface area contributed by atoms with E-state index >= 15 is 0 Å². The molecule has 0 unspecified atom stereocenters. The fourth-order valence-electron chi connectivity index (χ4n) is 1.75. The van der Waals surface area contributed by atoms with E-state index in [0.717, 1.165) is 9.37 Å². The number of rotatable bonds is 6. The number of nitrogens with one attached hydrogen (secondary N) is 1. The van der Waals surface area contributed by atoms with E-state index in [2.05, 4.69) is 21.2 Å². The number of carbonyl (C=O) groups is 2. The molecule has 0 fully saturated rings. The lowest BCUT2D eigenvalue weighted by atomic mass is 10.3. The molecule has 1 N–H and O–H groups in total. The molecule has 120 valence electrons. The van der Waals surface area contributed by atoms with Crippen molar-refractivity contribution < 1.29 is 14.3 Å². The van der Waals surface area contributed by atoms with E-state index in [1.165, 1.54) is 11.8 Å². The van der Waals surface area contributed by atoms with Gasteiger partial charge in [-0.2, -0.15) is 0 Å². The molecule has 2 aromatic rings. The predicted molar refractivity (Wildman–Crippen MR) is 95.5 cm³/mol. The van der Waals surface area contributed by atoms with Gasteiger partial charge in [-0.3, -0.25) is 9.59 Å². The molecule has 6 heteroatoms. The Bertz CT molecular complexity index is 679. The van der Waals surface area contributed by atoms with Crippen LogP contribution >= 0.6 is 27.7 Å². The summed E-state index contributed by atoms with van der Waals surface area (Å²) in [5.41, 5.74) is 0.644. The highest BCUT2D eigenvalue weighted by Gasteiger charge is 2.18. The van der Waals surface area contributed by atoms with E-state index in [1.54, 1.807) is 19.1 Å². The largest absolute Gasteiger partial charge is 0.452 e. The van der Waals surface area contributed by atoms with Gasteiger partial charge in [0.15, 0.2) is 6.10 Å². The Morgan fingerprint density at radius 2 is 1.91 bits per heavy atom. The molecule has 0 aliphatic carbocycles. The van der Waals surface area contributed by atoms with Crippen molar-refractivity contribution in [3.63, 3.8) is 0 Å². The minimum atomic E-state index is -0.849. The van der Waals surface area contributed by atoms with E-state index in [0.29, 0.717) is 5.69 Å². The van der Waals surface area contributed by atoms with Crippen LogP contribution in [-0.4, -0.2) is 23.7 Å². The summed E-state index contributed by atoms with van der Waals surface area (Å²) >= 11 is 4.71. The van der Waals surface area contributed by atoms with Crippen molar-refractivity contribution in [3.05, 3.63) is 59.1 Å². The molecule has 0 heterocycles. The fraction of sp³-hybridized carbons (Fsp3) is 0.176. The van der Waals surface area contributed by atoms with Gasteiger partial charge in [0.05, 0.1) is 5.75 Å². The summed E-state index contributed by atoms with van der Waals surface area (Å²) in [7, 11) is 0. The number of thioether (sulfide) groups is 1. The molecule has 1 atom stereocenters. The second kappa shape index (κ2) is 8.74. The van der Waals surface area contributed by atoms with Crippen molar-refractivity contribution in [2.45, 2.75) is 17.9 Å². The molecule has 0 aromatic heterocycles. The van der Waals surface area contributed by atoms with Gasteiger partial charge in [-0.05, 0) is 37.3 Å². The molecule has 0 bridgehead atoms. The van der Waals surface area contributed by atoms with Gasteiger partial charge in [0.1, 0.15) is 0 Å². The Labute approximate surface area is 147 Å². The van der Waals surface area contributed by atoms with Crippen LogP contribution in [-0.2, 0) is 14.3 Å². The summed E-state index contributed by atoms with van der Waals surface area (Å²) in [6.45, 7) is 1.55. The van der Waals surface area contributed by atoms with Crippen LogP contribution in [0.5, 0.6) is 0 Å². The number of amides is 1. The van der Waals surface area contributed by atoms with Gasteiger partial charge in [0, 0.05) is 15.1 Å². The van der Waals surface area contributed by atoms with Crippen LogP contribution in [0.4, 0.5) is 5.69 Å². The van der Waals surface area contributed by atoms with Gasteiger partial charge >= 0.3 is 5.97 Å². The molecule has 0 aliphatic heterocycles. The first-order valence-corrected chi connectivity index (χ1v) is 8.76. The van der Waals surface area contributed by atoms with Crippen molar-refractivity contribution in [2.75, 3.05) is 11.1 Å². The average Bonchev–Trinajstić information content (AvgIpc) is 2.54. The number of hydrogen-bond donors (Lipinski definition) is 1. The van der Waals surface area contributed by atoms with Crippen molar-refractivity contribution in [3.8, 4) is 0 Å². The average molecular weight is 394 g/mol. The molecule has 0 radical (unpaired) electrons. The molecule has 2 rings (SSSR count). The monoisotopic (exact) mass is 393 g/mol. The van der Waals surface area contributed by atoms with Gasteiger partial charge in [0.25, 0.3) is 5.91 Å². The Hall–Kier alpha value is -1.79. The summed E-state index contributed by atoms with van der Waals surface area (Å²) in [4.78, 5) is 24.8. The maximum Gasteiger partial charge on any atom is 0.317 e. The molecular formula is C17H16BrNO3S. The molecule has 23 heavy (non-hydrogen) atoms. The highest BCUT2D eigenvalue weighted by Crippen LogP contribution is 2.18. The SMILES string of the molecule is C[C@@H](OC(=O)CSc1ccccc1)C(=O)Nc1cccc(Br)c1. The lowest BCUT2D eigenvalue weighted by Gasteiger charge is -2.13. The highest BCUT2D eigenvalue weighted by atomic mass is 79.9. The zero-order valence-corrected chi connectivity index (χ0v) is 14.9. The van der Waals surface area contributed by atoms with E-state index in [1.807, 2.05) is 42.5 Å².